The summed E-state index contributed by atoms with van der Waals surface area (Å²) in [5.41, 5.74) is 0. The molecule has 0 rings (SSSR count). The van der Waals surface area contributed by atoms with Crippen LogP contribution in [-0.2, 0) is 13.6 Å². The summed E-state index contributed by atoms with van der Waals surface area (Å²) in [6.45, 7) is 3.60. The van der Waals surface area contributed by atoms with Crippen LogP contribution in [-0.4, -0.2) is 76.5 Å². The number of unbranched alkanes of at least 4 members (excludes halogenated alkanes) is 17. The first-order chi connectivity index (χ1) is 18.1. The molecule has 2 amide bonds. The van der Waals surface area contributed by atoms with E-state index < -0.39 is 7.82 Å². The van der Waals surface area contributed by atoms with Crippen LogP contribution in [0.25, 0.3) is 0 Å². The number of likely N-dealkylation sites (N-methyl/N-ethyl adjacent to an activating group) is 1. The Morgan fingerprint density at radius 3 is 1.50 bits per heavy atom. The van der Waals surface area contributed by atoms with Crippen molar-refractivity contribution in [3.05, 3.63) is 0 Å². The van der Waals surface area contributed by atoms with Crippen molar-refractivity contribution in [3.8, 4) is 0 Å². The molecule has 0 aromatic rings. The molecular weight excluding hydrogens is 501 g/mol. The predicted octanol–water partition coefficient (Wildman–Crippen LogP) is 6.88. The SMILES string of the molecule is CCCCCCCCCCCCCCCCCCCCN(CCOP(=O)([O-])OCC[N+](C)(C)C)C(=O)NC. The second kappa shape index (κ2) is 24.2. The van der Waals surface area contributed by atoms with E-state index in [0.717, 1.165) is 12.8 Å². The molecule has 0 fully saturated rings. The summed E-state index contributed by atoms with van der Waals surface area (Å²) in [5, 5.41) is 2.62. The zero-order valence-electron chi connectivity index (χ0n) is 25.6. The van der Waals surface area contributed by atoms with Crippen molar-refractivity contribution < 1.29 is 27.8 Å². The van der Waals surface area contributed by atoms with Gasteiger partial charge in [0.15, 0.2) is 0 Å². The highest BCUT2D eigenvalue weighted by molar-refractivity contribution is 7.45. The first-order valence-electron chi connectivity index (χ1n) is 15.5. The lowest BCUT2D eigenvalue weighted by Gasteiger charge is -2.28. The average Bonchev–Trinajstić information content (AvgIpc) is 2.85. The van der Waals surface area contributed by atoms with E-state index in [1.807, 2.05) is 21.1 Å². The number of amides is 2. The second-order valence-corrected chi connectivity index (χ2v) is 13.1. The Balaban J connectivity index is 3.72. The summed E-state index contributed by atoms with van der Waals surface area (Å²) in [6, 6.07) is -0.216. The van der Waals surface area contributed by atoms with Crippen LogP contribution in [0.4, 0.5) is 4.79 Å². The molecule has 38 heavy (non-hydrogen) atoms. The molecule has 0 spiro atoms. The van der Waals surface area contributed by atoms with Gasteiger partial charge in [-0.15, -0.1) is 0 Å². The first kappa shape index (κ1) is 37.3. The van der Waals surface area contributed by atoms with Gasteiger partial charge in [-0.3, -0.25) is 4.57 Å². The maximum atomic E-state index is 12.1. The third kappa shape index (κ3) is 25.6. The van der Waals surface area contributed by atoms with Crippen LogP contribution < -0.4 is 10.2 Å². The molecule has 0 aromatic heterocycles. The molecule has 1 N–H and O–H groups in total. The Kier molecular flexibility index (Phi) is 23.7. The fraction of sp³-hybridized carbons (Fsp3) is 0.966. The number of urea groups is 1. The molecule has 8 nitrogen and oxygen atoms in total. The number of carbonyl (C=O) groups is 1. The highest BCUT2D eigenvalue weighted by Gasteiger charge is 2.16. The number of hydrogen-bond donors (Lipinski definition) is 1. The number of hydrogen-bond acceptors (Lipinski definition) is 5. The molecule has 9 heteroatoms. The molecule has 228 valence electrons. The van der Waals surface area contributed by atoms with Crippen molar-refractivity contribution in [3.63, 3.8) is 0 Å². The molecule has 0 saturated carbocycles. The third-order valence-corrected chi connectivity index (χ3v) is 7.90. The van der Waals surface area contributed by atoms with Gasteiger partial charge >= 0.3 is 6.03 Å². The van der Waals surface area contributed by atoms with Crippen molar-refractivity contribution in [2.24, 2.45) is 0 Å². The summed E-state index contributed by atoms with van der Waals surface area (Å²) >= 11 is 0. The fourth-order valence-electron chi connectivity index (χ4n) is 4.40. The number of nitrogens with zero attached hydrogens (tertiary/aromatic N) is 2. The van der Waals surface area contributed by atoms with E-state index in [1.165, 1.54) is 103 Å². The second-order valence-electron chi connectivity index (χ2n) is 11.7. The maximum absolute atomic E-state index is 12.1. The van der Waals surface area contributed by atoms with Crippen molar-refractivity contribution in [2.75, 3.05) is 61.0 Å². The van der Waals surface area contributed by atoms with Crippen LogP contribution in [0.3, 0.4) is 0 Å². The summed E-state index contributed by atoms with van der Waals surface area (Å²) in [5.74, 6) is 0. The van der Waals surface area contributed by atoms with E-state index in [1.54, 1.807) is 11.9 Å². The Hall–Kier alpha value is -0.660. The highest BCUT2D eigenvalue weighted by Crippen LogP contribution is 2.37. The summed E-state index contributed by atoms with van der Waals surface area (Å²) in [6.07, 6.45) is 23.8. The van der Waals surface area contributed by atoms with Crippen LogP contribution >= 0.6 is 7.82 Å². The van der Waals surface area contributed by atoms with Gasteiger partial charge in [0.25, 0.3) is 7.82 Å². The van der Waals surface area contributed by atoms with E-state index in [9.17, 15) is 14.3 Å². The van der Waals surface area contributed by atoms with Crippen LogP contribution in [0.2, 0.25) is 0 Å². The maximum Gasteiger partial charge on any atom is 0.317 e. The van der Waals surface area contributed by atoms with E-state index >= 15 is 0 Å². The van der Waals surface area contributed by atoms with E-state index in [4.69, 9.17) is 9.05 Å². The third-order valence-electron chi connectivity index (χ3n) is 6.90. The zero-order valence-corrected chi connectivity index (χ0v) is 26.5. The van der Waals surface area contributed by atoms with Gasteiger partial charge in [-0.1, -0.05) is 116 Å². The standard InChI is InChI=1S/C29H62N3O5P/c1-6-7-8-9-10-11-12-13-14-15-16-17-18-19-20-21-22-23-24-31(29(33)30-2)25-27-36-38(34,35)37-28-26-32(3,4)5/h6-28H2,1-5H3,(H-,30,33,34,35). The Morgan fingerprint density at radius 2 is 1.11 bits per heavy atom. The topological polar surface area (TPSA) is 90.9 Å². The number of quaternary nitrogens is 1. The fourth-order valence-corrected chi connectivity index (χ4v) is 5.09. The largest absolute Gasteiger partial charge is 0.756 e. The molecule has 0 aliphatic rings. The van der Waals surface area contributed by atoms with Crippen LogP contribution in [0.5, 0.6) is 0 Å². The molecule has 0 aromatic carbocycles. The molecule has 0 aliphatic carbocycles. The Bertz CT molecular complexity index is 601. The predicted molar refractivity (Wildman–Crippen MR) is 157 cm³/mol. The monoisotopic (exact) mass is 563 g/mol. The van der Waals surface area contributed by atoms with Gasteiger partial charge in [0.05, 0.1) is 27.7 Å². The number of nitrogens with one attached hydrogen (secondary N) is 1. The van der Waals surface area contributed by atoms with Gasteiger partial charge < -0.3 is 28.6 Å². The van der Waals surface area contributed by atoms with Crippen LogP contribution in [0.1, 0.15) is 122 Å². The number of rotatable bonds is 27. The number of carbonyl (C=O) groups excluding carboxylic acids is 1. The highest BCUT2D eigenvalue weighted by atomic mass is 31.2. The summed E-state index contributed by atoms with van der Waals surface area (Å²) in [7, 11) is 3.10. The van der Waals surface area contributed by atoms with Crippen molar-refractivity contribution in [1.29, 1.82) is 0 Å². The molecule has 1 unspecified atom stereocenters. The van der Waals surface area contributed by atoms with Gasteiger partial charge in [-0.25, -0.2) is 4.79 Å². The number of phosphoric acid groups is 1. The van der Waals surface area contributed by atoms with E-state index in [0.29, 0.717) is 17.6 Å². The molecule has 0 bridgehead atoms. The van der Waals surface area contributed by atoms with Crippen molar-refractivity contribution in [1.82, 2.24) is 10.2 Å². The minimum Gasteiger partial charge on any atom is -0.756 e. The van der Waals surface area contributed by atoms with Gasteiger partial charge in [-0.2, -0.15) is 0 Å². The minimum atomic E-state index is -4.36. The van der Waals surface area contributed by atoms with E-state index in [-0.39, 0.29) is 25.8 Å². The normalized spacial score (nSPS) is 13.4. The van der Waals surface area contributed by atoms with Crippen LogP contribution in [0.15, 0.2) is 0 Å². The Labute approximate surface area is 235 Å². The van der Waals surface area contributed by atoms with Gasteiger partial charge in [0.2, 0.25) is 0 Å². The molecule has 0 saturated heterocycles. The van der Waals surface area contributed by atoms with E-state index in [2.05, 4.69) is 12.2 Å². The average molecular weight is 564 g/mol. The van der Waals surface area contributed by atoms with Crippen LogP contribution in [0, 0.1) is 0 Å². The Morgan fingerprint density at radius 1 is 0.711 bits per heavy atom. The first-order valence-corrected chi connectivity index (χ1v) is 16.9. The lowest BCUT2D eigenvalue weighted by atomic mass is 10.0. The van der Waals surface area contributed by atoms with Gasteiger partial charge in [0.1, 0.15) is 13.2 Å². The van der Waals surface area contributed by atoms with Gasteiger partial charge in [0, 0.05) is 20.1 Å². The molecule has 0 aliphatic heterocycles. The summed E-state index contributed by atoms with van der Waals surface area (Å²) < 4.78 is 22.4. The van der Waals surface area contributed by atoms with Crippen molar-refractivity contribution >= 4 is 13.9 Å². The van der Waals surface area contributed by atoms with Crippen molar-refractivity contribution in [2.45, 2.75) is 122 Å². The smallest absolute Gasteiger partial charge is 0.317 e. The molecule has 1 atom stereocenters. The minimum absolute atomic E-state index is 0.0722. The quantitative estimate of drug-likeness (QED) is 0.0668. The molecular formula is C29H62N3O5P. The molecule has 0 heterocycles. The lowest BCUT2D eigenvalue weighted by Crippen LogP contribution is -2.40. The number of phosphoric ester groups is 1. The van der Waals surface area contributed by atoms with Gasteiger partial charge in [-0.05, 0) is 6.42 Å². The zero-order chi connectivity index (χ0) is 28.5. The molecule has 0 radical (unpaired) electrons. The lowest BCUT2D eigenvalue weighted by molar-refractivity contribution is -0.870. The summed E-state index contributed by atoms with van der Waals surface area (Å²) in [4.78, 5) is 25.7.